The third-order valence-corrected chi connectivity index (χ3v) is 2.53. The summed E-state index contributed by atoms with van der Waals surface area (Å²) in [6.45, 7) is 2.84. The molecule has 0 radical (unpaired) electrons. The van der Waals surface area contributed by atoms with Gasteiger partial charge in [-0.2, -0.15) is 5.26 Å². The molecule has 0 unspecified atom stereocenters. The van der Waals surface area contributed by atoms with E-state index in [0.717, 1.165) is 11.0 Å². The lowest BCUT2D eigenvalue weighted by Crippen LogP contribution is -2.19. The lowest BCUT2D eigenvalue weighted by molar-refractivity contribution is 0.583. The molecule has 2 nitrogen and oxygen atoms in total. The molecule has 1 rings (SSSR count). The number of nitriles is 1. The molecule has 0 amide bonds. The Hall–Kier alpha value is -0.850. The van der Waals surface area contributed by atoms with E-state index in [1.165, 1.54) is 5.56 Å². The van der Waals surface area contributed by atoms with Crippen LogP contribution in [0.4, 0.5) is 0 Å². The van der Waals surface area contributed by atoms with Crippen molar-refractivity contribution < 1.29 is 0 Å². The monoisotopic (exact) mass is 252 g/mol. The third kappa shape index (κ3) is 3.49. The van der Waals surface area contributed by atoms with Gasteiger partial charge in [0.15, 0.2) is 0 Å². The molecule has 14 heavy (non-hydrogen) atoms. The van der Waals surface area contributed by atoms with Crippen LogP contribution in [0, 0.1) is 11.3 Å². The van der Waals surface area contributed by atoms with Crippen molar-refractivity contribution in [3.05, 3.63) is 34.3 Å². The largest absolute Gasteiger partial charge is 0.309 e. The molecule has 1 N–H and O–H groups in total. The van der Waals surface area contributed by atoms with E-state index in [-0.39, 0.29) is 0 Å². The average molecular weight is 253 g/mol. The van der Waals surface area contributed by atoms with Crippen molar-refractivity contribution in [2.24, 2.45) is 0 Å². The topological polar surface area (TPSA) is 35.8 Å². The zero-order valence-corrected chi connectivity index (χ0v) is 9.71. The van der Waals surface area contributed by atoms with Gasteiger partial charge >= 0.3 is 0 Å². The van der Waals surface area contributed by atoms with Crippen LogP contribution in [0.25, 0.3) is 0 Å². The third-order valence-electron chi connectivity index (χ3n) is 2.04. The van der Waals surface area contributed by atoms with Crippen LogP contribution in [0.15, 0.2) is 28.7 Å². The predicted octanol–water partition coefficient (Wildman–Crippen LogP) is 3.01. The number of hydrogen-bond acceptors (Lipinski definition) is 2. The minimum atomic E-state index is 0.292. The summed E-state index contributed by atoms with van der Waals surface area (Å²) in [7, 11) is 0. The average Bonchev–Trinajstić information content (AvgIpc) is 2.18. The first kappa shape index (κ1) is 11.2. The predicted molar refractivity (Wildman–Crippen MR) is 60.8 cm³/mol. The zero-order valence-electron chi connectivity index (χ0n) is 8.13. The summed E-state index contributed by atoms with van der Waals surface area (Å²) in [4.78, 5) is 0. The summed E-state index contributed by atoms with van der Waals surface area (Å²) in [5, 5.41) is 11.7. The van der Waals surface area contributed by atoms with E-state index in [9.17, 15) is 0 Å². The normalized spacial score (nSPS) is 12.1. The first-order valence-electron chi connectivity index (χ1n) is 4.60. The van der Waals surface area contributed by atoms with Crippen LogP contribution in [-0.2, 0) is 0 Å². The standard InChI is InChI=1S/C11H13BrN2/c1-9(14-7-3-6-13)10-4-2-5-11(12)8-10/h2,4-5,8-9,14H,3,7H2,1H3/t9-/m0/s1. The Labute approximate surface area is 93.1 Å². The van der Waals surface area contributed by atoms with Gasteiger partial charge < -0.3 is 5.32 Å². The molecule has 3 heteroatoms. The van der Waals surface area contributed by atoms with Gasteiger partial charge in [0.1, 0.15) is 0 Å². The van der Waals surface area contributed by atoms with Gasteiger partial charge in [-0.3, -0.25) is 0 Å². The van der Waals surface area contributed by atoms with Crippen LogP contribution in [0.2, 0.25) is 0 Å². The Morgan fingerprint density at radius 1 is 1.57 bits per heavy atom. The van der Waals surface area contributed by atoms with Crippen LogP contribution >= 0.6 is 15.9 Å². The molecule has 0 saturated heterocycles. The van der Waals surface area contributed by atoms with E-state index in [1.807, 2.05) is 12.1 Å². The summed E-state index contributed by atoms with van der Waals surface area (Å²) < 4.78 is 1.09. The highest BCUT2D eigenvalue weighted by molar-refractivity contribution is 9.10. The minimum Gasteiger partial charge on any atom is -0.309 e. The summed E-state index contributed by atoms with van der Waals surface area (Å²) in [5.41, 5.74) is 1.23. The summed E-state index contributed by atoms with van der Waals surface area (Å²) in [6.07, 6.45) is 0.554. The second-order valence-corrected chi connectivity index (χ2v) is 4.05. The Kier molecular flexibility index (Phi) is 4.64. The maximum absolute atomic E-state index is 8.40. The number of hydrogen-bond donors (Lipinski definition) is 1. The highest BCUT2D eigenvalue weighted by atomic mass is 79.9. The van der Waals surface area contributed by atoms with E-state index < -0.39 is 0 Å². The number of benzene rings is 1. The van der Waals surface area contributed by atoms with Gasteiger partial charge in [-0.25, -0.2) is 0 Å². The summed E-state index contributed by atoms with van der Waals surface area (Å²) in [5.74, 6) is 0. The molecule has 1 aromatic rings. The first-order chi connectivity index (χ1) is 6.74. The van der Waals surface area contributed by atoms with Crippen molar-refractivity contribution in [1.82, 2.24) is 5.32 Å². The fourth-order valence-electron chi connectivity index (χ4n) is 1.24. The van der Waals surface area contributed by atoms with E-state index in [1.54, 1.807) is 0 Å². The van der Waals surface area contributed by atoms with Gasteiger partial charge in [0.25, 0.3) is 0 Å². The second kappa shape index (κ2) is 5.79. The molecule has 0 aliphatic carbocycles. The summed E-state index contributed by atoms with van der Waals surface area (Å²) >= 11 is 3.43. The smallest absolute Gasteiger partial charge is 0.0635 e. The Bertz CT molecular complexity index is 330. The minimum absolute atomic E-state index is 0.292. The number of halogens is 1. The molecule has 0 spiro atoms. The molecular formula is C11H13BrN2. The van der Waals surface area contributed by atoms with E-state index in [0.29, 0.717) is 12.5 Å². The van der Waals surface area contributed by atoms with Gasteiger partial charge in [0.2, 0.25) is 0 Å². The van der Waals surface area contributed by atoms with Gasteiger partial charge in [0, 0.05) is 23.5 Å². The Morgan fingerprint density at radius 3 is 3.00 bits per heavy atom. The quantitative estimate of drug-likeness (QED) is 0.837. The SMILES string of the molecule is C[C@H](NCCC#N)c1cccc(Br)c1. The molecule has 0 bridgehead atoms. The lowest BCUT2D eigenvalue weighted by Gasteiger charge is -2.13. The molecule has 0 aliphatic rings. The zero-order chi connectivity index (χ0) is 10.4. The molecule has 1 aromatic carbocycles. The lowest BCUT2D eigenvalue weighted by atomic mass is 10.1. The van der Waals surface area contributed by atoms with Crippen molar-refractivity contribution >= 4 is 15.9 Å². The van der Waals surface area contributed by atoms with Crippen LogP contribution in [0.1, 0.15) is 24.9 Å². The molecular weight excluding hydrogens is 240 g/mol. The van der Waals surface area contributed by atoms with Gasteiger partial charge in [-0.15, -0.1) is 0 Å². The number of rotatable bonds is 4. The highest BCUT2D eigenvalue weighted by Gasteiger charge is 2.03. The van der Waals surface area contributed by atoms with Gasteiger partial charge in [-0.05, 0) is 24.6 Å². The molecule has 0 fully saturated rings. The molecule has 0 aromatic heterocycles. The second-order valence-electron chi connectivity index (χ2n) is 3.14. The van der Waals surface area contributed by atoms with Gasteiger partial charge in [0.05, 0.1) is 6.07 Å². The van der Waals surface area contributed by atoms with E-state index in [4.69, 9.17) is 5.26 Å². The molecule has 0 aliphatic heterocycles. The number of nitrogens with zero attached hydrogens (tertiary/aromatic N) is 1. The van der Waals surface area contributed by atoms with Crippen LogP contribution in [0.5, 0.6) is 0 Å². The van der Waals surface area contributed by atoms with Crippen LogP contribution in [0.3, 0.4) is 0 Å². The fraction of sp³-hybridized carbons (Fsp3) is 0.364. The highest BCUT2D eigenvalue weighted by Crippen LogP contribution is 2.17. The molecule has 0 saturated carbocycles. The van der Waals surface area contributed by atoms with Crippen molar-refractivity contribution in [3.63, 3.8) is 0 Å². The molecule has 74 valence electrons. The van der Waals surface area contributed by atoms with E-state index >= 15 is 0 Å². The Balaban J connectivity index is 2.52. The Morgan fingerprint density at radius 2 is 2.36 bits per heavy atom. The van der Waals surface area contributed by atoms with Crippen molar-refractivity contribution in [3.8, 4) is 6.07 Å². The van der Waals surface area contributed by atoms with E-state index in [2.05, 4.69) is 46.4 Å². The first-order valence-corrected chi connectivity index (χ1v) is 5.39. The maximum Gasteiger partial charge on any atom is 0.0635 e. The van der Waals surface area contributed by atoms with Crippen molar-refractivity contribution in [1.29, 1.82) is 5.26 Å². The maximum atomic E-state index is 8.40. The molecule has 1 atom stereocenters. The van der Waals surface area contributed by atoms with Crippen molar-refractivity contribution in [2.45, 2.75) is 19.4 Å². The number of nitrogens with one attached hydrogen (secondary N) is 1. The summed E-state index contributed by atoms with van der Waals surface area (Å²) in [6, 6.07) is 10.6. The van der Waals surface area contributed by atoms with Crippen LogP contribution < -0.4 is 5.32 Å². The molecule has 0 heterocycles. The van der Waals surface area contributed by atoms with Gasteiger partial charge in [-0.1, -0.05) is 28.1 Å². The van der Waals surface area contributed by atoms with Crippen molar-refractivity contribution in [2.75, 3.05) is 6.54 Å². The van der Waals surface area contributed by atoms with Crippen LogP contribution in [-0.4, -0.2) is 6.54 Å². The fourth-order valence-corrected chi connectivity index (χ4v) is 1.66.